The predicted molar refractivity (Wildman–Crippen MR) is 77.0 cm³/mol. The summed E-state index contributed by atoms with van der Waals surface area (Å²) in [6.45, 7) is 0.673. The fourth-order valence-corrected chi connectivity index (χ4v) is 3.32. The van der Waals surface area contributed by atoms with E-state index in [0.29, 0.717) is 6.54 Å². The average molecular weight is 299 g/mol. The Morgan fingerprint density at radius 2 is 1.90 bits per heavy atom. The number of hydrogen-bond donors (Lipinski definition) is 2. The molecule has 2 N–H and O–H groups in total. The Bertz CT molecular complexity index is 422. The fourth-order valence-electron chi connectivity index (χ4n) is 3.32. The molecule has 2 amide bonds. The Kier molecular flexibility index (Phi) is 4.43. The minimum atomic E-state index is -1.06. The molecule has 1 saturated heterocycles. The van der Waals surface area contributed by atoms with Gasteiger partial charge in [-0.1, -0.05) is 0 Å². The second-order valence-electron chi connectivity index (χ2n) is 6.51. The number of likely N-dealkylation sites (tertiary alicyclic amines) is 1. The highest BCUT2D eigenvalue weighted by atomic mass is 16.4. The van der Waals surface area contributed by atoms with Gasteiger partial charge >= 0.3 is 12.0 Å². The van der Waals surface area contributed by atoms with Gasteiger partial charge in [-0.15, -0.1) is 0 Å². The van der Waals surface area contributed by atoms with Crippen molar-refractivity contribution in [2.45, 2.75) is 43.4 Å². The van der Waals surface area contributed by atoms with Gasteiger partial charge in [-0.05, 0) is 33.4 Å². The molecular formula is C14H25N3O4. The topological polar surface area (TPSA) is 84.3 Å². The van der Waals surface area contributed by atoms with Crippen LogP contribution in [0.5, 0.6) is 0 Å². The van der Waals surface area contributed by atoms with Crippen LogP contribution in [0.25, 0.3) is 0 Å². The third kappa shape index (κ3) is 2.98. The van der Waals surface area contributed by atoms with Crippen LogP contribution in [0.15, 0.2) is 0 Å². The van der Waals surface area contributed by atoms with E-state index in [1.54, 1.807) is 11.9 Å². The summed E-state index contributed by atoms with van der Waals surface area (Å²) in [7, 11) is 5.73. The molecule has 2 aliphatic rings. The van der Waals surface area contributed by atoms with E-state index in [9.17, 15) is 19.8 Å². The molecule has 0 aromatic rings. The number of carboxylic acids is 1. The molecule has 120 valence electrons. The highest BCUT2D eigenvalue weighted by Crippen LogP contribution is 2.37. The van der Waals surface area contributed by atoms with Crippen molar-refractivity contribution in [3.8, 4) is 0 Å². The molecule has 0 aromatic heterocycles. The van der Waals surface area contributed by atoms with E-state index >= 15 is 0 Å². The third-order valence-electron chi connectivity index (χ3n) is 4.90. The lowest BCUT2D eigenvalue weighted by Crippen LogP contribution is -2.59. The van der Waals surface area contributed by atoms with E-state index < -0.39 is 18.1 Å². The number of β-amino-alcohol motifs (C(OH)–C–C–N with tert-alkyl or cyclic N) is 1. The van der Waals surface area contributed by atoms with Gasteiger partial charge in [-0.3, -0.25) is 0 Å². The van der Waals surface area contributed by atoms with Crippen molar-refractivity contribution in [3.05, 3.63) is 0 Å². The number of carboxylic acid groups (broad SMARTS) is 1. The third-order valence-corrected chi connectivity index (χ3v) is 4.90. The Morgan fingerprint density at radius 3 is 2.33 bits per heavy atom. The van der Waals surface area contributed by atoms with Crippen molar-refractivity contribution in [1.82, 2.24) is 14.7 Å². The highest BCUT2D eigenvalue weighted by Gasteiger charge is 2.44. The van der Waals surface area contributed by atoms with Crippen molar-refractivity contribution < 1.29 is 19.8 Å². The summed E-state index contributed by atoms with van der Waals surface area (Å²) < 4.78 is 0. The molecule has 1 saturated carbocycles. The molecule has 2 fully saturated rings. The lowest BCUT2D eigenvalue weighted by molar-refractivity contribution is -0.141. The van der Waals surface area contributed by atoms with E-state index in [4.69, 9.17) is 0 Å². The van der Waals surface area contributed by atoms with Crippen LogP contribution >= 0.6 is 0 Å². The number of nitrogens with zero attached hydrogens (tertiary/aromatic N) is 3. The fraction of sp³-hybridized carbons (Fsp3) is 0.857. The normalized spacial score (nSPS) is 27.6. The number of hydrogen-bond acceptors (Lipinski definition) is 4. The van der Waals surface area contributed by atoms with E-state index in [0.717, 1.165) is 19.3 Å². The summed E-state index contributed by atoms with van der Waals surface area (Å²) >= 11 is 0. The zero-order valence-corrected chi connectivity index (χ0v) is 12.9. The first-order valence-corrected chi connectivity index (χ1v) is 7.37. The van der Waals surface area contributed by atoms with Crippen LogP contribution in [0, 0.1) is 0 Å². The number of aliphatic hydroxyl groups excluding tert-OH is 1. The average Bonchev–Trinajstić information content (AvgIpc) is 2.74. The lowest BCUT2D eigenvalue weighted by Gasteiger charge is -2.49. The standard InChI is InChI=1S/C14H25N3O4/c1-15(2)14(5-4-6-14)9-16(3)13(21)17-8-10(18)7-11(17)12(19)20/h10-11,18H,4-9H2,1-3H3,(H,19,20)/t10-,11-/m1/s1. The molecule has 0 bridgehead atoms. The van der Waals surface area contributed by atoms with Crippen LogP contribution in [0.2, 0.25) is 0 Å². The molecule has 0 radical (unpaired) electrons. The number of rotatable bonds is 4. The van der Waals surface area contributed by atoms with E-state index in [2.05, 4.69) is 4.90 Å². The van der Waals surface area contributed by atoms with Crippen LogP contribution < -0.4 is 0 Å². The van der Waals surface area contributed by atoms with Gasteiger partial charge in [0, 0.05) is 32.1 Å². The Labute approximate surface area is 125 Å². The Hall–Kier alpha value is -1.34. The van der Waals surface area contributed by atoms with Crippen LogP contribution in [0.4, 0.5) is 4.79 Å². The number of likely N-dealkylation sites (N-methyl/N-ethyl adjacent to an activating group) is 2. The van der Waals surface area contributed by atoms with Crippen molar-refractivity contribution in [3.63, 3.8) is 0 Å². The summed E-state index contributed by atoms with van der Waals surface area (Å²) in [5.74, 6) is -1.06. The van der Waals surface area contributed by atoms with Crippen molar-refractivity contribution in [2.24, 2.45) is 0 Å². The van der Waals surface area contributed by atoms with Crippen LogP contribution in [0.3, 0.4) is 0 Å². The summed E-state index contributed by atoms with van der Waals surface area (Å²) in [4.78, 5) is 28.7. The second-order valence-corrected chi connectivity index (χ2v) is 6.51. The monoisotopic (exact) mass is 299 g/mol. The molecule has 7 heteroatoms. The maximum absolute atomic E-state index is 12.5. The summed E-state index contributed by atoms with van der Waals surface area (Å²) in [6, 6.07) is -1.24. The Morgan fingerprint density at radius 1 is 1.29 bits per heavy atom. The molecule has 2 atom stereocenters. The molecule has 2 rings (SSSR count). The quantitative estimate of drug-likeness (QED) is 0.766. The molecule has 1 heterocycles. The molecular weight excluding hydrogens is 274 g/mol. The highest BCUT2D eigenvalue weighted by molar-refractivity contribution is 5.83. The first-order valence-electron chi connectivity index (χ1n) is 7.37. The number of amides is 2. The van der Waals surface area contributed by atoms with Gasteiger partial charge in [-0.25, -0.2) is 9.59 Å². The molecule has 0 spiro atoms. The Balaban J connectivity index is 2.03. The molecule has 0 aromatic carbocycles. The van der Waals surface area contributed by atoms with Crippen molar-refractivity contribution in [1.29, 1.82) is 0 Å². The number of aliphatic carboxylic acids is 1. The summed E-state index contributed by atoms with van der Waals surface area (Å²) in [5.41, 5.74) is 0.00146. The smallest absolute Gasteiger partial charge is 0.326 e. The van der Waals surface area contributed by atoms with Gasteiger partial charge in [0.2, 0.25) is 0 Å². The molecule has 1 aliphatic carbocycles. The number of carbonyl (C=O) groups is 2. The summed E-state index contributed by atoms with van der Waals surface area (Å²) in [6.07, 6.45) is 2.59. The largest absolute Gasteiger partial charge is 0.480 e. The van der Waals surface area contributed by atoms with Gasteiger partial charge in [-0.2, -0.15) is 0 Å². The maximum atomic E-state index is 12.5. The first kappa shape index (κ1) is 16.0. The van der Waals surface area contributed by atoms with Crippen LogP contribution in [0.1, 0.15) is 25.7 Å². The van der Waals surface area contributed by atoms with Crippen molar-refractivity contribution >= 4 is 12.0 Å². The van der Waals surface area contributed by atoms with Gasteiger partial charge in [0.1, 0.15) is 6.04 Å². The van der Waals surface area contributed by atoms with Gasteiger partial charge in [0.25, 0.3) is 0 Å². The zero-order valence-electron chi connectivity index (χ0n) is 12.9. The van der Waals surface area contributed by atoms with Crippen LogP contribution in [-0.4, -0.2) is 88.8 Å². The van der Waals surface area contributed by atoms with E-state index in [1.807, 2.05) is 14.1 Å². The minimum Gasteiger partial charge on any atom is -0.480 e. The second kappa shape index (κ2) is 5.81. The van der Waals surface area contributed by atoms with E-state index in [1.165, 1.54) is 4.90 Å². The SMILES string of the molecule is CN(CC1(N(C)C)CCC1)C(=O)N1C[C@H](O)C[C@@H]1C(=O)O. The number of carbonyl (C=O) groups excluding carboxylic acids is 1. The molecule has 0 unspecified atom stereocenters. The molecule has 21 heavy (non-hydrogen) atoms. The molecule has 7 nitrogen and oxygen atoms in total. The predicted octanol–water partition coefficient (Wildman–Crippen LogP) is 0.0423. The van der Waals surface area contributed by atoms with Gasteiger partial charge < -0.3 is 24.9 Å². The zero-order chi connectivity index (χ0) is 15.8. The maximum Gasteiger partial charge on any atom is 0.326 e. The lowest BCUT2D eigenvalue weighted by atomic mass is 9.75. The summed E-state index contributed by atoms with van der Waals surface area (Å²) in [5, 5.41) is 18.8. The van der Waals surface area contributed by atoms with Gasteiger partial charge in [0.05, 0.1) is 6.10 Å². The van der Waals surface area contributed by atoms with E-state index in [-0.39, 0.29) is 24.5 Å². The number of aliphatic hydroxyl groups is 1. The molecule has 1 aliphatic heterocycles. The minimum absolute atomic E-state index is 0.00146. The van der Waals surface area contributed by atoms with Crippen LogP contribution in [-0.2, 0) is 4.79 Å². The van der Waals surface area contributed by atoms with Crippen molar-refractivity contribution in [2.75, 3.05) is 34.2 Å². The number of urea groups is 1. The van der Waals surface area contributed by atoms with Gasteiger partial charge in [0.15, 0.2) is 0 Å². The first-order chi connectivity index (χ1) is 9.77.